The van der Waals surface area contributed by atoms with Crippen molar-refractivity contribution >= 4 is 23.2 Å². The number of anilines is 3. The number of aryl methyl sites for hydroxylation is 1. The summed E-state index contributed by atoms with van der Waals surface area (Å²) in [6, 6.07) is 4.00. The Morgan fingerprint density at radius 3 is 2.77 bits per heavy atom. The maximum Gasteiger partial charge on any atom is 0.222 e. The Morgan fingerprint density at radius 1 is 1.31 bits per heavy atom. The number of carbonyl (C=O) groups is 1. The average Bonchev–Trinajstić information content (AvgIpc) is 3.22. The zero-order valence-electron chi connectivity index (χ0n) is 15.0. The number of rotatable bonds is 3. The van der Waals surface area contributed by atoms with Crippen molar-refractivity contribution in [1.82, 2.24) is 15.0 Å². The third kappa shape index (κ3) is 2.46. The molecule has 1 saturated heterocycles. The number of nitrogens with zero attached hydrogens (tertiary/aromatic N) is 4. The Hall–Kier alpha value is -2.54. The monoisotopic (exact) mass is 351 g/mol. The zero-order valence-corrected chi connectivity index (χ0v) is 15.0. The highest BCUT2D eigenvalue weighted by molar-refractivity contribution is 5.89. The average molecular weight is 351 g/mol. The van der Waals surface area contributed by atoms with Gasteiger partial charge >= 0.3 is 0 Å². The lowest BCUT2D eigenvalue weighted by atomic mass is 10.0. The molecule has 2 aliphatic heterocycles. The maximum absolute atomic E-state index is 11.4. The van der Waals surface area contributed by atoms with Gasteiger partial charge in [-0.15, -0.1) is 0 Å². The molecule has 2 fully saturated rings. The van der Waals surface area contributed by atoms with Crippen LogP contribution in [0.1, 0.15) is 42.8 Å². The molecule has 7 heteroatoms. The van der Waals surface area contributed by atoms with Gasteiger partial charge in [-0.25, -0.2) is 15.0 Å². The second-order valence-electron chi connectivity index (χ2n) is 7.59. The predicted octanol–water partition coefficient (Wildman–Crippen LogP) is 2.44. The van der Waals surface area contributed by atoms with Gasteiger partial charge in [0.1, 0.15) is 17.5 Å². The lowest BCUT2D eigenvalue weighted by molar-refractivity contribution is -0.114. The molecule has 1 aliphatic carbocycles. The molecule has 0 radical (unpaired) electrons. The van der Waals surface area contributed by atoms with Crippen LogP contribution in [0.2, 0.25) is 0 Å². The van der Waals surface area contributed by atoms with Gasteiger partial charge < -0.3 is 15.0 Å². The SMILES string of the molecule is CC(=O)Nc1cc2c(cn1)C1(CC1)CN2c1cc(C)nc(C2COC2)n1. The number of amides is 1. The fraction of sp³-hybridized carbons (Fsp3) is 0.474. The molecule has 26 heavy (non-hydrogen) atoms. The molecule has 1 amide bonds. The number of carbonyl (C=O) groups excluding carboxylic acids is 1. The van der Waals surface area contributed by atoms with Crippen molar-refractivity contribution in [2.75, 3.05) is 30.0 Å². The van der Waals surface area contributed by atoms with Crippen molar-refractivity contribution in [3.63, 3.8) is 0 Å². The summed E-state index contributed by atoms with van der Waals surface area (Å²) < 4.78 is 5.30. The van der Waals surface area contributed by atoms with Crippen LogP contribution in [0.5, 0.6) is 0 Å². The van der Waals surface area contributed by atoms with E-state index in [0.29, 0.717) is 19.0 Å². The Morgan fingerprint density at radius 2 is 2.12 bits per heavy atom. The fourth-order valence-electron chi connectivity index (χ4n) is 3.86. The minimum absolute atomic E-state index is 0.117. The molecule has 4 heterocycles. The molecular weight excluding hydrogens is 330 g/mol. The summed E-state index contributed by atoms with van der Waals surface area (Å²) in [5.74, 6) is 2.54. The van der Waals surface area contributed by atoms with E-state index in [1.165, 1.54) is 25.3 Å². The van der Waals surface area contributed by atoms with Gasteiger partial charge in [-0.05, 0) is 19.8 Å². The third-order valence-corrected chi connectivity index (χ3v) is 5.50. The highest BCUT2D eigenvalue weighted by Gasteiger charge is 2.52. The molecule has 2 aromatic heterocycles. The minimum Gasteiger partial charge on any atom is -0.380 e. The van der Waals surface area contributed by atoms with Crippen molar-refractivity contribution in [2.45, 2.75) is 38.0 Å². The van der Waals surface area contributed by atoms with Crippen LogP contribution in [-0.4, -0.2) is 40.6 Å². The Balaban J connectivity index is 1.57. The second kappa shape index (κ2) is 5.48. The fourth-order valence-corrected chi connectivity index (χ4v) is 3.86. The summed E-state index contributed by atoms with van der Waals surface area (Å²) in [5.41, 5.74) is 3.51. The lowest BCUT2D eigenvalue weighted by Crippen LogP contribution is -2.28. The molecule has 0 unspecified atom stereocenters. The summed E-state index contributed by atoms with van der Waals surface area (Å²) in [6.45, 7) is 5.80. The van der Waals surface area contributed by atoms with Crippen molar-refractivity contribution in [3.8, 4) is 0 Å². The van der Waals surface area contributed by atoms with Crippen LogP contribution in [-0.2, 0) is 14.9 Å². The van der Waals surface area contributed by atoms with E-state index in [1.807, 2.05) is 25.3 Å². The number of fused-ring (bicyclic) bond motifs is 2. The number of hydrogen-bond donors (Lipinski definition) is 1. The molecule has 1 spiro atoms. The molecular formula is C19H21N5O2. The Bertz CT molecular complexity index is 905. The summed E-state index contributed by atoms with van der Waals surface area (Å²) in [6.07, 6.45) is 4.26. The number of nitrogens with one attached hydrogen (secondary N) is 1. The van der Waals surface area contributed by atoms with Gasteiger partial charge in [-0.1, -0.05) is 0 Å². The van der Waals surface area contributed by atoms with Crippen LogP contribution in [0.25, 0.3) is 0 Å². The molecule has 1 N–H and O–H groups in total. The van der Waals surface area contributed by atoms with E-state index in [1.54, 1.807) is 0 Å². The van der Waals surface area contributed by atoms with E-state index < -0.39 is 0 Å². The molecule has 1 saturated carbocycles. The van der Waals surface area contributed by atoms with Gasteiger partial charge in [0.05, 0.1) is 24.8 Å². The zero-order chi connectivity index (χ0) is 17.9. The van der Waals surface area contributed by atoms with Gasteiger partial charge in [-0.2, -0.15) is 0 Å². The summed E-state index contributed by atoms with van der Waals surface area (Å²) in [5, 5.41) is 2.79. The lowest BCUT2D eigenvalue weighted by Gasteiger charge is -2.26. The minimum atomic E-state index is -0.117. The summed E-state index contributed by atoms with van der Waals surface area (Å²) >= 11 is 0. The summed E-state index contributed by atoms with van der Waals surface area (Å²) in [7, 11) is 0. The van der Waals surface area contributed by atoms with E-state index >= 15 is 0 Å². The number of pyridine rings is 1. The first kappa shape index (κ1) is 15.7. The summed E-state index contributed by atoms with van der Waals surface area (Å²) in [4.78, 5) is 27.6. The van der Waals surface area contributed by atoms with Crippen LogP contribution in [0, 0.1) is 6.92 Å². The predicted molar refractivity (Wildman–Crippen MR) is 96.8 cm³/mol. The van der Waals surface area contributed by atoms with E-state index in [0.717, 1.165) is 29.6 Å². The molecule has 0 bridgehead atoms. The first-order valence-electron chi connectivity index (χ1n) is 9.03. The van der Waals surface area contributed by atoms with Crippen molar-refractivity contribution < 1.29 is 9.53 Å². The maximum atomic E-state index is 11.4. The number of hydrogen-bond acceptors (Lipinski definition) is 6. The number of ether oxygens (including phenoxy) is 1. The van der Waals surface area contributed by atoms with Gasteiger partial charge in [0, 0.05) is 48.5 Å². The molecule has 134 valence electrons. The first-order valence-corrected chi connectivity index (χ1v) is 9.03. The second-order valence-corrected chi connectivity index (χ2v) is 7.59. The van der Waals surface area contributed by atoms with Crippen LogP contribution in [0.3, 0.4) is 0 Å². The normalized spacial score (nSPS) is 20.0. The quantitative estimate of drug-likeness (QED) is 0.915. The first-order chi connectivity index (χ1) is 12.5. The van der Waals surface area contributed by atoms with Crippen molar-refractivity contribution in [1.29, 1.82) is 0 Å². The standard InChI is InChI=1S/C19H21N5O2/c1-11-5-17(23-18(21-11)13-8-26-9-13)24-10-19(3-4-19)14-7-20-16(6-15(14)24)22-12(2)25/h5-7,13H,3-4,8-10H2,1-2H3,(H,20,22,25). The topological polar surface area (TPSA) is 80.2 Å². The molecule has 7 nitrogen and oxygen atoms in total. The van der Waals surface area contributed by atoms with E-state index in [2.05, 4.69) is 20.2 Å². The molecule has 3 aliphatic rings. The van der Waals surface area contributed by atoms with Gasteiger partial charge in [0.25, 0.3) is 0 Å². The largest absolute Gasteiger partial charge is 0.380 e. The highest BCUT2D eigenvalue weighted by atomic mass is 16.5. The highest BCUT2D eigenvalue weighted by Crippen LogP contribution is 2.58. The van der Waals surface area contributed by atoms with Crippen molar-refractivity contribution in [3.05, 3.63) is 35.4 Å². The van der Waals surface area contributed by atoms with E-state index in [9.17, 15) is 4.79 Å². The van der Waals surface area contributed by atoms with Crippen LogP contribution in [0.4, 0.5) is 17.3 Å². The molecule has 0 atom stereocenters. The van der Waals surface area contributed by atoms with Gasteiger partial charge in [0.15, 0.2) is 0 Å². The molecule has 2 aromatic rings. The van der Waals surface area contributed by atoms with Crippen LogP contribution in [0.15, 0.2) is 18.3 Å². The van der Waals surface area contributed by atoms with E-state index in [-0.39, 0.29) is 17.2 Å². The van der Waals surface area contributed by atoms with Crippen LogP contribution < -0.4 is 10.2 Å². The number of aromatic nitrogens is 3. The Kier molecular flexibility index (Phi) is 3.31. The van der Waals surface area contributed by atoms with Crippen molar-refractivity contribution in [2.24, 2.45) is 0 Å². The molecule has 5 rings (SSSR count). The third-order valence-electron chi connectivity index (χ3n) is 5.50. The van der Waals surface area contributed by atoms with Crippen LogP contribution >= 0.6 is 0 Å². The van der Waals surface area contributed by atoms with E-state index in [4.69, 9.17) is 9.72 Å². The smallest absolute Gasteiger partial charge is 0.222 e. The van der Waals surface area contributed by atoms with Gasteiger partial charge in [0.2, 0.25) is 5.91 Å². The van der Waals surface area contributed by atoms with Gasteiger partial charge in [-0.3, -0.25) is 4.79 Å². The Labute approximate surface area is 151 Å². The molecule has 0 aromatic carbocycles.